The number of nitrogens with one attached hydrogen (secondary N) is 1. The summed E-state index contributed by atoms with van der Waals surface area (Å²) in [5.74, 6) is -0.272. The summed E-state index contributed by atoms with van der Waals surface area (Å²) in [5.41, 5.74) is 2.08. The van der Waals surface area contributed by atoms with Gasteiger partial charge in [0.15, 0.2) is 17.0 Å². The molecule has 0 spiro atoms. The van der Waals surface area contributed by atoms with Crippen molar-refractivity contribution in [1.82, 2.24) is 5.32 Å². The summed E-state index contributed by atoms with van der Waals surface area (Å²) >= 11 is 0. The normalized spacial score (nSPS) is 20.5. The summed E-state index contributed by atoms with van der Waals surface area (Å²) in [4.78, 5) is 11.5. The molecule has 21 heavy (non-hydrogen) atoms. The summed E-state index contributed by atoms with van der Waals surface area (Å²) in [6, 6.07) is 6.90. The molecule has 0 saturated heterocycles. The third-order valence-corrected chi connectivity index (χ3v) is 3.12. The van der Waals surface area contributed by atoms with Crippen LogP contribution in [0.2, 0.25) is 0 Å². The number of hydrogen-bond acceptors (Lipinski definition) is 4. The number of ether oxygens (including phenoxy) is 2. The van der Waals surface area contributed by atoms with Crippen LogP contribution < -0.4 is 20.5 Å². The number of rotatable bonds is 3. The number of fused-ring (bicyclic) bond motifs is 1. The van der Waals surface area contributed by atoms with Crippen molar-refractivity contribution < 1.29 is 27.4 Å². The van der Waals surface area contributed by atoms with Gasteiger partial charge in [-0.2, -0.15) is 13.2 Å². The summed E-state index contributed by atoms with van der Waals surface area (Å²) < 4.78 is 48.7. The average Bonchev–Trinajstić information content (AvgIpc) is 2.43. The van der Waals surface area contributed by atoms with Gasteiger partial charge in [-0.1, -0.05) is 12.1 Å². The fourth-order valence-electron chi connectivity index (χ4n) is 1.68. The van der Waals surface area contributed by atoms with Gasteiger partial charge in [-0.05, 0) is 19.1 Å². The Morgan fingerprint density at radius 1 is 1.38 bits per heavy atom. The highest BCUT2D eigenvalue weighted by Gasteiger charge is 2.53. The molecule has 0 bridgehead atoms. The first kappa shape index (κ1) is 15.4. The van der Waals surface area contributed by atoms with Gasteiger partial charge >= 0.3 is 6.18 Å². The van der Waals surface area contributed by atoms with Crippen LogP contribution in [0.4, 0.5) is 13.2 Å². The predicted octanol–water partition coefficient (Wildman–Crippen LogP) is 1.22. The van der Waals surface area contributed by atoms with Gasteiger partial charge in [0, 0.05) is 0 Å². The number of carbonyl (C=O) groups is 1. The Hall–Kier alpha value is -1.96. The number of hydrogen-bond donors (Lipinski definition) is 2. The van der Waals surface area contributed by atoms with Crippen LogP contribution in [0.1, 0.15) is 6.92 Å². The number of para-hydroxylation sites is 2. The van der Waals surface area contributed by atoms with Crippen LogP contribution in [-0.2, 0) is 4.79 Å². The molecule has 0 aliphatic carbocycles. The van der Waals surface area contributed by atoms with Crippen molar-refractivity contribution in [1.29, 1.82) is 0 Å². The molecule has 0 saturated carbocycles. The summed E-state index contributed by atoms with van der Waals surface area (Å²) in [6.45, 7) is 0.622. The van der Waals surface area contributed by atoms with E-state index in [1.807, 2.05) is 0 Å². The van der Waals surface area contributed by atoms with E-state index in [0.717, 1.165) is 0 Å². The molecule has 1 aromatic rings. The molecule has 116 valence electrons. The van der Waals surface area contributed by atoms with E-state index >= 15 is 0 Å². The zero-order valence-corrected chi connectivity index (χ0v) is 11.2. The Labute approximate surface area is 119 Å². The zero-order valence-electron chi connectivity index (χ0n) is 11.2. The Morgan fingerprint density at radius 3 is 2.62 bits per heavy atom. The average molecular weight is 304 g/mol. The molecular weight excluding hydrogens is 289 g/mol. The van der Waals surface area contributed by atoms with Crippen LogP contribution in [0.25, 0.3) is 0 Å². The Morgan fingerprint density at radius 2 is 2.00 bits per heavy atom. The maximum Gasteiger partial charge on any atom is 0.415 e. The number of benzene rings is 1. The summed E-state index contributed by atoms with van der Waals surface area (Å²) in [5, 5.41) is 2.14. The van der Waals surface area contributed by atoms with Crippen LogP contribution in [0, 0.1) is 0 Å². The van der Waals surface area contributed by atoms with E-state index in [9.17, 15) is 18.0 Å². The van der Waals surface area contributed by atoms with Gasteiger partial charge in [0.2, 0.25) is 5.91 Å². The lowest BCUT2D eigenvalue weighted by atomic mass is 10.0. The van der Waals surface area contributed by atoms with Gasteiger partial charge in [0.1, 0.15) is 12.7 Å². The van der Waals surface area contributed by atoms with Crippen molar-refractivity contribution in [3.63, 3.8) is 0 Å². The molecule has 1 amide bonds. The number of amides is 1. The monoisotopic (exact) mass is 304 g/mol. The van der Waals surface area contributed by atoms with Gasteiger partial charge in [0.25, 0.3) is 0 Å². The Kier molecular flexibility index (Phi) is 3.99. The molecule has 3 N–H and O–H groups in total. The largest absolute Gasteiger partial charge is 0.486 e. The van der Waals surface area contributed by atoms with E-state index in [0.29, 0.717) is 18.4 Å². The van der Waals surface area contributed by atoms with Gasteiger partial charge in [-0.25, -0.2) is 0 Å². The molecule has 2 rings (SSSR count). The van der Waals surface area contributed by atoms with Crippen molar-refractivity contribution in [2.45, 2.75) is 24.7 Å². The van der Waals surface area contributed by atoms with Gasteiger partial charge < -0.3 is 20.5 Å². The fourth-order valence-corrected chi connectivity index (χ4v) is 1.68. The molecule has 0 aromatic heterocycles. The highest BCUT2D eigenvalue weighted by atomic mass is 19.4. The molecule has 0 radical (unpaired) electrons. The van der Waals surface area contributed by atoms with Crippen molar-refractivity contribution >= 4 is 5.91 Å². The number of alkyl halides is 3. The summed E-state index contributed by atoms with van der Waals surface area (Å²) in [6.07, 6.45) is -5.40. The highest BCUT2D eigenvalue weighted by molar-refractivity contribution is 5.86. The SMILES string of the molecule is CC(N)(C(=O)NCC1COc2ccccc2O1)C(F)(F)F. The lowest BCUT2D eigenvalue weighted by Gasteiger charge is -2.29. The van der Waals surface area contributed by atoms with Gasteiger partial charge in [0.05, 0.1) is 6.54 Å². The van der Waals surface area contributed by atoms with Crippen molar-refractivity contribution in [2.24, 2.45) is 5.73 Å². The first-order chi connectivity index (χ1) is 9.72. The Bertz CT molecular complexity index is 532. The van der Waals surface area contributed by atoms with E-state index in [2.05, 4.69) is 5.32 Å². The minimum absolute atomic E-state index is 0.129. The van der Waals surface area contributed by atoms with Crippen LogP contribution in [0.5, 0.6) is 11.5 Å². The van der Waals surface area contributed by atoms with Crippen molar-refractivity contribution in [2.75, 3.05) is 13.2 Å². The fraction of sp³-hybridized carbons (Fsp3) is 0.462. The first-order valence-electron chi connectivity index (χ1n) is 6.24. The maximum atomic E-state index is 12.6. The molecular formula is C13H15F3N2O3. The predicted molar refractivity (Wildman–Crippen MR) is 68.0 cm³/mol. The highest BCUT2D eigenvalue weighted by Crippen LogP contribution is 2.31. The second kappa shape index (κ2) is 5.44. The molecule has 0 fully saturated rings. The minimum Gasteiger partial charge on any atom is -0.486 e. The molecule has 1 heterocycles. The van der Waals surface area contributed by atoms with E-state index < -0.39 is 23.7 Å². The van der Waals surface area contributed by atoms with Crippen LogP contribution in [0.3, 0.4) is 0 Å². The Balaban J connectivity index is 1.92. The standard InChI is InChI=1S/C13H15F3N2O3/c1-12(17,13(14,15)16)11(19)18-6-8-7-20-9-4-2-3-5-10(9)21-8/h2-5,8H,6-7,17H2,1H3,(H,18,19). The van der Waals surface area contributed by atoms with E-state index in [1.165, 1.54) is 0 Å². The number of halogens is 3. The molecule has 2 unspecified atom stereocenters. The molecule has 1 aromatic carbocycles. The van der Waals surface area contributed by atoms with E-state index in [-0.39, 0.29) is 13.2 Å². The molecule has 2 atom stereocenters. The minimum atomic E-state index is -4.83. The maximum absolute atomic E-state index is 12.6. The third-order valence-electron chi connectivity index (χ3n) is 3.12. The topological polar surface area (TPSA) is 73.6 Å². The second-order valence-electron chi connectivity index (χ2n) is 4.91. The van der Waals surface area contributed by atoms with Gasteiger partial charge in [-0.3, -0.25) is 4.79 Å². The molecule has 8 heteroatoms. The van der Waals surface area contributed by atoms with E-state index in [1.54, 1.807) is 24.3 Å². The second-order valence-corrected chi connectivity index (χ2v) is 4.91. The lowest BCUT2D eigenvalue weighted by Crippen LogP contribution is -2.62. The molecule has 5 nitrogen and oxygen atoms in total. The van der Waals surface area contributed by atoms with Crippen LogP contribution in [0.15, 0.2) is 24.3 Å². The third kappa shape index (κ3) is 3.21. The summed E-state index contributed by atoms with van der Waals surface area (Å²) in [7, 11) is 0. The zero-order chi connectivity index (χ0) is 15.7. The van der Waals surface area contributed by atoms with Crippen molar-refractivity contribution in [3.8, 4) is 11.5 Å². The first-order valence-corrected chi connectivity index (χ1v) is 6.24. The quantitative estimate of drug-likeness (QED) is 0.880. The number of carbonyl (C=O) groups excluding carboxylic acids is 1. The van der Waals surface area contributed by atoms with Crippen molar-refractivity contribution in [3.05, 3.63) is 24.3 Å². The van der Waals surface area contributed by atoms with Crippen LogP contribution >= 0.6 is 0 Å². The lowest BCUT2D eigenvalue weighted by molar-refractivity contribution is -0.187. The molecule has 1 aliphatic rings. The molecule has 1 aliphatic heterocycles. The number of nitrogens with two attached hydrogens (primary N) is 1. The van der Waals surface area contributed by atoms with Crippen LogP contribution in [-0.4, -0.2) is 36.9 Å². The van der Waals surface area contributed by atoms with Gasteiger partial charge in [-0.15, -0.1) is 0 Å². The van der Waals surface area contributed by atoms with E-state index in [4.69, 9.17) is 15.2 Å². The smallest absolute Gasteiger partial charge is 0.415 e.